The smallest absolute Gasteiger partial charge is 0.0639 e. The average Bonchev–Trinajstić information content (AvgIpc) is 2.32. The van der Waals surface area contributed by atoms with E-state index in [0.29, 0.717) is 12.1 Å². The molecule has 0 unspecified atom stereocenters. The minimum absolute atomic E-state index is 0.397. The molecule has 0 aliphatic carbocycles. The lowest BCUT2D eigenvalue weighted by Gasteiger charge is -2.39. The fourth-order valence-electron chi connectivity index (χ4n) is 2.17. The molecule has 94 valence electrons. The predicted molar refractivity (Wildman–Crippen MR) is 65.5 cm³/mol. The SMILES string of the molecule is C=CN(CCOC)[C@H]1CCOC[C@H]1NCC. The highest BCUT2D eigenvalue weighted by Crippen LogP contribution is 2.15. The highest BCUT2D eigenvalue weighted by atomic mass is 16.5. The number of ether oxygens (including phenoxy) is 2. The first-order chi connectivity index (χ1) is 7.83. The summed E-state index contributed by atoms with van der Waals surface area (Å²) in [6.07, 6.45) is 2.97. The molecule has 1 saturated heterocycles. The first-order valence-corrected chi connectivity index (χ1v) is 6.01. The van der Waals surface area contributed by atoms with Crippen molar-refractivity contribution in [3.8, 4) is 0 Å². The van der Waals surface area contributed by atoms with Crippen molar-refractivity contribution in [2.75, 3.05) is 40.0 Å². The fourth-order valence-corrected chi connectivity index (χ4v) is 2.17. The summed E-state index contributed by atoms with van der Waals surface area (Å²) in [6.45, 7) is 10.2. The summed E-state index contributed by atoms with van der Waals surface area (Å²) >= 11 is 0. The van der Waals surface area contributed by atoms with Gasteiger partial charge in [0.25, 0.3) is 0 Å². The van der Waals surface area contributed by atoms with Crippen molar-refractivity contribution in [1.82, 2.24) is 10.2 Å². The van der Waals surface area contributed by atoms with Crippen molar-refractivity contribution in [1.29, 1.82) is 0 Å². The van der Waals surface area contributed by atoms with Gasteiger partial charge >= 0.3 is 0 Å². The van der Waals surface area contributed by atoms with Crippen LogP contribution in [0, 0.1) is 0 Å². The summed E-state index contributed by atoms with van der Waals surface area (Å²) in [4.78, 5) is 2.26. The van der Waals surface area contributed by atoms with Crippen molar-refractivity contribution in [2.24, 2.45) is 0 Å². The van der Waals surface area contributed by atoms with Crippen molar-refractivity contribution in [3.05, 3.63) is 12.8 Å². The van der Waals surface area contributed by atoms with Gasteiger partial charge in [0.2, 0.25) is 0 Å². The Balaban J connectivity index is 2.52. The Hall–Kier alpha value is -0.580. The van der Waals surface area contributed by atoms with Crippen LogP contribution in [0.15, 0.2) is 12.8 Å². The van der Waals surface area contributed by atoms with Crippen LogP contribution in [0.25, 0.3) is 0 Å². The number of likely N-dealkylation sites (N-methyl/N-ethyl adjacent to an activating group) is 1. The van der Waals surface area contributed by atoms with E-state index in [1.165, 1.54) is 0 Å². The minimum atomic E-state index is 0.397. The number of methoxy groups -OCH3 is 1. The molecule has 0 aromatic rings. The molecule has 1 N–H and O–H groups in total. The second kappa shape index (κ2) is 7.65. The van der Waals surface area contributed by atoms with Gasteiger partial charge in [-0.05, 0) is 19.2 Å². The number of nitrogens with one attached hydrogen (secondary N) is 1. The van der Waals surface area contributed by atoms with Gasteiger partial charge in [-0.2, -0.15) is 0 Å². The fraction of sp³-hybridized carbons (Fsp3) is 0.833. The molecule has 0 radical (unpaired) electrons. The molecule has 2 atom stereocenters. The summed E-state index contributed by atoms with van der Waals surface area (Å²) in [5.74, 6) is 0. The van der Waals surface area contributed by atoms with Crippen LogP contribution in [0.3, 0.4) is 0 Å². The topological polar surface area (TPSA) is 33.7 Å². The summed E-state index contributed by atoms with van der Waals surface area (Å²) in [7, 11) is 1.73. The molecule has 4 heteroatoms. The lowest BCUT2D eigenvalue weighted by atomic mass is 10.0. The zero-order chi connectivity index (χ0) is 11.8. The third kappa shape index (κ3) is 3.77. The Kier molecular flexibility index (Phi) is 6.45. The van der Waals surface area contributed by atoms with E-state index in [-0.39, 0.29) is 0 Å². The average molecular weight is 228 g/mol. The molecule has 1 fully saturated rings. The summed E-state index contributed by atoms with van der Waals surface area (Å²) in [6, 6.07) is 0.870. The summed E-state index contributed by atoms with van der Waals surface area (Å²) < 4.78 is 10.6. The minimum Gasteiger partial charge on any atom is -0.383 e. The molecule has 1 aliphatic heterocycles. The van der Waals surface area contributed by atoms with Gasteiger partial charge in [-0.15, -0.1) is 0 Å². The Morgan fingerprint density at radius 1 is 1.62 bits per heavy atom. The van der Waals surface area contributed by atoms with E-state index in [4.69, 9.17) is 9.47 Å². The largest absolute Gasteiger partial charge is 0.383 e. The zero-order valence-electron chi connectivity index (χ0n) is 10.4. The van der Waals surface area contributed by atoms with Crippen molar-refractivity contribution in [3.63, 3.8) is 0 Å². The second-order valence-electron chi connectivity index (χ2n) is 4.01. The van der Waals surface area contributed by atoms with Gasteiger partial charge in [-0.1, -0.05) is 13.5 Å². The first-order valence-electron chi connectivity index (χ1n) is 6.01. The highest BCUT2D eigenvalue weighted by molar-refractivity contribution is 4.90. The number of hydrogen-bond donors (Lipinski definition) is 1. The molecule has 0 aromatic heterocycles. The monoisotopic (exact) mass is 228 g/mol. The molecule has 0 bridgehead atoms. The van der Waals surface area contributed by atoms with Gasteiger partial charge in [0, 0.05) is 26.3 Å². The molecule has 0 saturated carbocycles. The van der Waals surface area contributed by atoms with E-state index < -0.39 is 0 Å². The number of nitrogens with zero attached hydrogens (tertiary/aromatic N) is 1. The Morgan fingerprint density at radius 3 is 3.06 bits per heavy atom. The lowest BCUT2D eigenvalue weighted by molar-refractivity contribution is 0.0152. The normalized spacial score (nSPS) is 25.4. The van der Waals surface area contributed by atoms with Crippen molar-refractivity contribution in [2.45, 2.75) is 25.4 Å². The van der Waals surface area contributed by atoms with Crippen molar-refractivity contribution < 1.29 is 9.47 Å². The summed E-state index contributed by atoms with van der Waals surface area (Å²) in [5.41, 5.74) is 0. The van der Waals surface area contributed by atoms with Gasteiger partial charge in [-0.25, -0.2) is 0 Å². The second-order valence-corrected chi connectivity index (χ2v) is 4.01. The van der Waals surface area contributed by atoms with E-state index in [9.17, 15) is 0 Å². The Labute approximate surface area is 98.6 Å². The highest BCUT2D eigenvalue weighted by Gasteiger charge is 2.28. The molecule has 1 heterocycles. The van der Waals surface area contributed by atoms with Crippen LogP contribution in [-0.2, 0) is 9.47 Å². The molecule has 0 aromatic carbocycles. The molecular weight excluding hydrogens is 204 g/mol. The zero-order valence-corrected chi connectivity index (χ0v) is 10.4. The van der Waals surface area contributed by atoms with Gasteiger partial charge in [0.15, 0.2) is 0 Å². The molecule has 0 spiro atoms. The van der Waals surface area contributed by atoms with Crippen LogP contribution in [-0.4, -0.2) is 57.0 Å². The van der Waals surface area contributed by atoms with Crippen molar-refractivity contribution >= 4 is 0 Å². The Bertz CT molecular complexity index is 197. The van der Waals surface area contributed by atoms with E-state index in [0.717, 1.165) is 39.3 Å². The lowest BCUT2D eigenvalue weighted by Crippen LogP contribution is -2.54. The third-order valence-corrected chi connectivity index (χ3v) is 3.00. The van der Waals surface area contributed by atoms with E-state index in [1.807, 2.05) is 6.20 Å². The van der Waals surface area contributed by atoms with Crippen LogP contribution in [0.5, 0.6) is 0 Å². The van der Waals surface area contributed by atoms with Gasteiger partial charge in [-0.3, -0.25) is 0 Å². The third-order valence-electron chi connectivity index (χ3n) is 3.00. The standard InChI is InChI=1S/C12H24N2O2/c1-4-13-11-10-16-8-6-12(11)14(5-2)7-9-15-3/h5,11-13H,2,4,6-10H2,1,3H3/t11-,12+/m1/s1. The molecular formula is C12H24N2O2. The van der Waals surface area contributed by atoms with Crippen LogP contribution >= 0.6 is 0 Å². The first kappa shape index (κ1) is 13.5. The molecule has 4 nitrogen and oxygen atoms in total. The maximum absolute atomic E-state index is 5.51. The molecule has 16 heavy (non-hydrogen) atoms. The summed E-state index contributed by atoms with van der Waals surface area (Å²) in [5, 5.41) is 3.47. The predicted octanol–water partition coefficient (Wildman–Crippen LogP) is 0.845. The van der Waals surface area contributed by atoms with E-state index in [1.54, 1.807) is 7.11 Å². The van der Waals surface area contributed by atoms with Gasteiger partial charge in [0.05, 0.1) is 19.3 Å². The van der Waals surface area contributed by atoms with E-state index in [2.05, 4.69) is 23.7 Å². The van der Waals surface area contributed by atoms with Gasteiger partial charge < -0.3 is 19.7 Å². The quantitative estimate of drug-likeness (QED) is 0.700. The van der Waals surface area contributed by atoms with Crippen LogP contribution in [0.4, 0.5) is 0 Å². The van der Waals surface area contributed by atoms with Gasteiger partial charge in [0.1, 0.15) is 0 Å². The van der Waals surface area contributed by atoms with Crippen LogP contribution in [0.2, 0.25) is 0 Å². The molecule has 1 aliphatic rings. The number of rotatable bonds is 7. The number of hydrogen-bond acceptors (Lipinski definition) is 4. The molecule has 1 rings (SSSR count). The molecule has 0 amide bonds. The maximum Gasteiger partial charge on any atom is 0.0639 e. The van der Waals surface area contributed by atoms with Crippen LogP contribution in [0.1, 0.15) is 13.3 Å². The Morgan fingerprint density at radius 2 is 2.44 bits per heavy atom. The van der Waals surface area contributed by atoms with Crippen LogP contribution < -0.4 is 5.32 Å². The van der Waals surface area contributed by atoms with E-state index >= 15 is 0 Å². The maximum atomic E-state index is 5.51.